The maximum atomic E-state index is 9.86. The summed E-state index contributed by atoms with van der Waals surface area (Å²) in [5, 5.41) is 9.86. The number of rotatable bonds is 7. The lowest BCUT2D eigenvalue weighted by atomic mass is 10.0. The Labute approximate surface area is 131 Å². The standard InChI is InChI=1S/C17H25NO4/c1-18-13-7-8-14(18)10-17(9-13)22-21-12-15(19)11-20-16-5-3-2-4-6-16/h2-6,13-15,17,19H,7-12H2,1H3/t13-,14+,15?,17?. The van der Waals surface area contributed by atoms with Crippen molar-refractivity contribution in [1.82, 2.24) is 4.90 Å². The highest BCUT2D eigenvalue weighted by molar-refractivity contribution is 5.20. The first-order valence-electron chi connectivity index (χ1n) is 8.08. The van der Waals surface area contributed by atoms with Crippen LogP contribution in [0.25, 0.3) is 0 Å². The second-order valence-corrected chi connectivity index (χ2v) is 6.30. The van der Waals surface area contributed by atoms with E-state index in [1.165, 1.54) is 12.8 Å². The number of ether oxygens (including phenoxy) is 1. The van der Waals surface area contributed by atoms with Crippen molar-refractivity contribution in [3.05, 3.63) is 30.3 Å². The molecule has 1 aromatic carbocycles. The second-order valence-electron chi connectivity index (χ2n) is 6.30. The minimum absolute atomic E-state index is 0.133. The number of aliphatic hydroxyl groups is 1. The van der Waals surface area contributed by atoms with Gasteiger partial charge in [-0.2, -0.15) is 0 Å². The number of para-hydroxylation sites is 1. The van der Waals surface area contributed by atoms with E-state index in [0.717, 1.165) is 18.6 Å². The first kappa shape index (κ1) is 15.7. The average molecular weight is 307 g/mol. The number of benzene rings is 1. The van der Waals surface area contributed by atoms with E-state index in [1.807, 2.05) is 30.3 Å². The minimum atomic E-state index is -0.691. The Hall–Kier alpha value is -1.14. The van der Waals surface area contributed by atoms with Gasteiger partial charge in [-0.3, -0.25) is 0 Å². The third kappa shape index (κ3) is 3.98. The van der Waals surface area contributed by atoms with E-state index < -0.39 is 6.10 Å². The molecule has 5 heteroatoms. The molecule has 1 N–H and O–H groups in total. The summed E-state index contributed by atoms with van der Waals surface area (Å²) >= 11 is 0. The number of fused-ring (bicyclic) bond motifs is 2. The summed E-state index contributed by atoms with van der Waals surface area (Å²) in [4.78, 5) is 13.2. The first-order valence-corrected chi connectivity index (χ1v) is 8.08. The number of hydrogen-bond acceptors (Lipinski definition) is 5. The second kappa shape index (κ2) is 7.42. The molecule has 0 radical (unpaired) electrons. The summed E-state index contributed by atoms with van der Waals surface area (Å²) in [6, 6.07) is 10.7. The summed E-state index contributed by atoms with van der Waals surface area (Å²) in [6.45, 7) is 0.334. The fourth-order valence-electron chi connectivity index (χ4n) is 3.41. The Morgan fingerprint density at radius 1 is 1.14 bits per heavy atom. The maximum absolute atomic E-state index is 9.86. The van der Waals surface area contributed by atoms with Gasteiger partial charge in [-0.05, 0) is 44.9 Å². The van der Waals surface area contributed by atoms with Crippen LogP contribution in [0.15, 0.2) is 30.3 Å². The van der Waals surface area contributed by atoms with Gasteiger partial charge in [0.25, 0.3) is 0 Å². The zero-order chi connectivity index (χ0) is 15.4. The predicted molar refractivity (Wildman–Crippen MR) is 82.6 cm³/mol. The van der Waals surface area contributed by atoms with Gasteiger partial charge in [0.05, 0.1) is 6.10 Å². The summed E-state index contributed by atoms with van der Waals surface area (Å²) in [5.74, 6) is 0.745. The molecular weight excluding hydrogens is 282 g/mol. The van der Waals surface area contributed by atoms with Crippen molar-refractivity contribution in [1.29, 1.82) is 0 Å². The van der Waals surface area contributed by atoms with Gasteiger partial charge in [-0.25, -0.2) is 9.78 Å². The monoisotopic (exact) mass is 307 g/mol. The van der Waals surface area contributed by atoms with E-state index in [9.17, 15) is 5.11 Å². The Morgan fingerprint density at radius 2 is 1.82 bits per heavy atom. The molecule has 2 fully saturated rings. The summed E-state index contributed by atoms with van der Waals surface area (Å²) in [7, 11) is 2.20. The number of piperidine rings is 1. The molecule has 2 unspecified atom stereocenters. The van der Waals surface area contributed by atoms with Crippen molar-refractivity contribution in [2.75, 3.05) is 20.3 Å². The molecule has 2 bridgehead atoms. The number of hydrogen-bond donors (Lipinski definition) is 1. The van der Waals surface area contributed by atoms with Crippen molar-refractivity contribution in [2.45, 2.75) is 50.0 Å². The van der Waals surface area contributed by atoms with Crippen LogP contribution in [0.2, 0.25) is 0 Å². The fourth-order valence-corrected chi connectivity index (χ4v) is 3.41. The molecule has 0 spiro atoms. The van der Waals surface area contributed by atoms with Gasteiger partial charge < -0.3 is 14.7 Å². The quantitative estimate of drug-likeness (QED) is 0.617. The normalized spacial score (nSPS) is 29.5. The molecule has 0 aromatic heterocycles. The van der Waals surface area contributed by atoms with Crippen LogP contribution in [0.5, 0.6) is 5.75 Å². The van der Waals surface area contributed by atoms with Crippen molar-refractivity contribution in [3.63, 3.8) is 0 Å². The highest BCUT2D eigenvalue weighted by atomic mass is 17.2. The summed E-state index contributed by atoms with van der Waals surface area (Å²) in [6.07, 6.45) is 4.01. The molecule has 0 aliphatic carbocycles. The molecular formula is C17H25NO4. The van der Waals surface area contributed by atoms with Crippen molar-refractivity contribution in [3.8, 4) is 5.75 Å². The van der Waals surface area contributed by atoms with Crippen LogP contribution in [-0.2, 0) is 9.78 Å². The third-order valence-corrected chi connectivity index (χ3v) is 4.71. The van der Waals surface area contributed by atoms with E-state index in [-0.39, 0.29) is 19.3 Å². The third-order valence-electron chi connectivity index (χ3n) is 4.71. The van der Waals surface area contributed by atoms with E-state index in [0.29, 0.717) is 12.1 Å². The molecule has 2 saturated heterocycles. The van der Waals surface area contributed by atoms with Crippen LogP contribution >= 0.6 is 0 Å². The lowest BCUT2D eigenvalue weighted by molar-refractivity contribution is -0.340. The van der Waals surface area contributed by atoms with E-state index in [4.69, 9.17) is 14.5 Å². The molecule has 1 aromatic rings. The topological polar surface area (TPSA) is 51.2 Å². The number of nitrogens with zero attached hydrogens (tertiary/aromatic N) is 1. The summed E-state index contributed by atoms with van der Waals surface area (Å²) in [5.41, 5.74) is 0. The van der Waals surface area contributed by atoms with Crippen LogP contribution in [0.3, 0.4) is 0 Å². The van der Waals surface area contributed by atoms with Gasteiger partial charge in [0.1, 0.15) is 25.1 Å². The minimum Gasteiger partial charge on any atom is -0.491 e. The fraction of sp³-hybridized carbons (Fsp3) is 0.647. The summed E-state index contributed by atoms with van der Waals surface area (Å²) < 4.78 is 5.48. The van der Waals surface area contributed by atoms with Gasteiger partial charge in [-0.1, -0.05) is 18.2 Å². The Morgan fingerprint density at radius 3 is 2.50 bits per heavy atom. The van der Waals surface area contributed by atoms with Gasteiger partial charge in [0.15, 0.2) is 0 Å². The molecule has 2 heterocycles. The highest BCUT2D eigenvalue weighted by Crippen LogP contribution is 2.35. The molecule has 3 rings (SSSR count). The Bertz CT molecular complexity index is 441. The number of aliphatic hydroxyl groups excluding tert-OH is 1. The lowest BCUT2D eigenvalue weighted by Gasteiger charge is -2.35. The molecule has 2 aliphatic heterocycles. The average Bonchev–Trinajstić information content (AvgIpc) is 2.76. The van der Waals surface area contributed by atoms with Crippen molar-refractivity contribution < 1.29 is 19.6 Å². The van der Waals surface area contributed by atoms with Crippen molar-refractivity contribution in [2.24, 2.45) is 0 Å². The van der Waals surface area contributed by atoms with E-state index in [1.54, 1.807) is 0 Å². The van der Waals surface area contributed by atoms with E-state index in [2.05, 4.69) is 11.9 Å². The van der Waals surface area contributed by atoms with Crippen LogP contribution in [0.1, 0.15) is 25.7 Å². The van der Waals surface area contributed by atoms with Crippen LogP contribution in [-0.4, -0.2) is 54.6 Å². The lowest BCUT2D eigenvalue weighted by Crippen LogP contribution is -2.43. The zero-order valence-electron chi connectivity index (χ0n) is 13.1. The first-order chi connectivity index (χ1) is 10.7. The molecule has 4 atom stereocenters. The Kier molecular flexibility index (Phi) is 5.31. The molecule has 122 valence electrons. The van der Waals surface area contributed by atoms with Crippen molar-refractivity contribution >= 4 is 0 Å². The smallest absolute Gasteiger partial charge is 0.119 e. The van der Waals surface area contributed by atoms with Gasteiger partial charge in [0.2, 0.25) is 0 Å². The molecule has 0 saturated carbocycles. The van der Waals surface area contributed by atoms with Gasteiger partial charge in [-0.15, -0.1) is 0 Å². The predicted octanol–water partition coefficient (Wildman–Crippen LogP) is 2.00. The molecule has 5 nitrogen and oxygen atoms in total. The maximum Gasteiger partial charge on any atom is 0.119 e. The SMILES string of the molecule is CN1[C@@H]2CC[C@H]1CC(OOCC(O)COc1ccccc1)C2. The van der Waals surface area contributed by atoms with Crippen LogP contribution in [0, 0.1) is 0 Å². The zero-order valence-corrected chi connectivity index (χ0v) is 13.1. The highest BCUT2D eigenvalue weighted by Gasteiger charge is 2.39. The van der Waals surface area contributed by atoms with E-state index >= 15 is 0 Å². The molecule has 0 amide bonds. The van der Waals surface area contributed by atoms with Crippen LogP contribution in [0.4, 0.5) is 0 Å². The molecule has 2 aliphatic rings. The molecule has 22 heavy (non-hydrogen) atoms. The largest absolute Gasteiger partial charge is 0.491 e. The Balaban J connectivity index is 1.31. The van der Waals surface area contributed by atoms with Crippen LogP contribution < -0.4 is 4.74 Å². The van der Waals surface area contributed by atoms with Gasteiger partial charge in [0, 0.05) is 12.1 Å². The van der Waals surface area contributed by atoms with Gasteiger partial charge >= 0.3 is 0 Å².